The summed E-state index contributed by atoms with van der Waals surface area (Å²) in [6.45, 7) is 4.64. The third-order valence-electron chi connectivity index (χ3n) is 8.87. The van der Waals surface area contributed by atoms with E-state index in [2.05, 4.69) is 153 Å². The van der Waals surface area contributed by atoms with Crippen LogP contribution < -0.4 is 0 Å². The topological polar surface area (TPSA) is 0 Å². The highest BCUT2D eigenvalue weighted by molar-refractivity contribution is 6.22. The van der Waals surface area contributed by atoms with Crippen molar-refractivity contribution in [2.24, 2.45) is 5.92 Å². The molecule has 0 unspecified atom stereocenters. The van der Waals surface area contributed by atoms with Crippen molar-refractivity contribution in [3.63, 3.8) is 0 Å². The summed E-state index contributed by atoms with van der Waals surface area (Å²) in [5.41, 5.74) is 6.60. The van der Waals surface area contributed by atoms with Gasteiger partial charge in [-0.1, -0.05) is 141 Å². The summed E-state index contributed by atoms with van der Waals surface area (Å²) in [6.07, 6.45) is 1.07. The van der Waals surface area contributed by atoms with E-state index in [4.69, 9.17) is 0 Å². The Bertz CT molecular complexity index is 2230. The van der Waals surface area contributed by atoms with Crippen LogP contribution in [0.25, 0.3) is 76.1 Å². The summed E-state index contributed by atoms with van der Waals surface area (Å²) in [5.74, 6) is 0.585. The molecule has 200 valence electrons. The zero-order valence-corrected chi connectivity index (χ0v) is 24.1. The van der Waals surface area contributed by atoms with E-state index in [1.165, 1.54) is 81.7 Å². The Morgan fingerprint density at radius 3 is 1.57 bits per heavy atom. The number of fused-ring (bicyclic) bond motifs is 6. The van der Waals surface area contributed by atoms with Crippen LogP contribution in [0.15, 0.2) is 140 Å². The molecular formula is C42H32. The Morgan fingerprint density at radius 2 is 0.929 bits per heavy atom. The van der Waals surface area contributed by atoms with Crippen LogP contribution in [0.5, 0.6) is 0 Å². The third-order valence-corrected chi connectivity index (χ3v) is 8.87. The molecule has 8 aromatic carbocycles. The first-order valence-electron chi connectivity index (χ1n) is 15.0. The van der Waals surface area contributed by atoms with E-state index in [-0.39, 0.29) is 0 Å². The summed E-state index contributed by atoms with van der Waals surface area (Å²) in [5, 5.41) is 13.2. The van der Waals surface area contributed by atoms with Gasteiger partial charge < -0.3 is 0 Å². The fourth-order valence-electron chi connectivity index (χ4n) is 7.10. The lowest BCUT2D eigenvalue weighted by molar-refractivity contribution is 0.653. The lowest BCUT2D eigenvalue weighted by Gasteiger charge is -2.19. The first kappa shape index (κ1) is 24.8. The molecule has 0 heteroatoms. The molecule has 0 radical (unpaired) electrons. The summed E-state index contributed by atoms with van der Waals surface area (Å²) >= 11 is 0. The molecule has 0 amide bonds. The van der Waals surface area contributed by atoms with Gasteiger partial charge in [0.15, 0.2) is 0 Å². The second kappa shape index (κ2) is 9.86. The molecule has 0 saturated carbocycles. The molecule has 0 N–H and O–H groups in total. The van der Waals surface area contributed by atoms with Gasteiger partial charge in [-0.15, -0.1) is 0 Å². The van der Waals surface area contributed by atoms with Crippen LogP contribution in [-0.2, 0) is 6.42 Å². The second-order valence-corrected chi connectivity index (χ2v) is 12.0. The molecule has 0 nitrogen and oxygen atoms in total. The van der Waals surface area contributed by atoms with Gasteiger partial charge in [0.05, 0.1) is 0 Å². The molecule has 0 aliphatic carbocycles. The smallest absolute Gasteiger partial charge is 0.00261 e. The summed E-state index contributed by atoms with van der Waals surface area (Å²) in [6, 6.07) is 51.7. The predicted molar refractivity (Wildman–Crippen MR) is 183 cm³/mol. The van der Waals surface area contributed by atoms with Crippen molar-refractivity contribution >= 4 is 53.9 Å². The molecule has 0 saturated heterocycles. The average molecular weight is 537 g/mol. The quantitative estimate of drug-likeness (QED) is 0.155. The van der Waals surface area contributed by atoms with Crippen LogP contribution in [0.1, 0.15) is 19.4 Å². The van der Waals surface area contributed by atoms with Crippen molar-refractivity contribution in [1.82, 2.24) is 0 Å². The average Bonchev–Trinajstić information content (AvgIpc) is 3.03. The first-order chi connectivity index (χ1) is 20.7. The summed E-state index contributed by atoms with van der Waals surface area (Å²) in [4.78, 5) is 0. The van der Waals surface area contributed by atoms with Gasteiger partial charge in [0, 0.05) is 0 Å². The molecule has 0 spiro atoms. The monoisotopic (exact) mass is 536 g/mol. The molecule has 8 rings (SSSR count). The Hall–Kier alpha value is -4.94. The molecule has 0 aliphatic heterocycles. The normalized spacial score (nSPS) is 11.9. The minimum absolute atomic E-state index is 0.585. The maximum Gasteiger partial charge on any atom is -0.00261 e. The molecule has 0 aromatic heterocycles. The fourth-order valence-corrected chi connectivity index (χ4v) is 7.10. The van der Waals surface area contributed by atoms with Crippen molar-refractivity contribution < 1.29 is 0 Å². The van der Waals surface area contributed by atoms with Crippen LogP contribution in [0.2, 0.25) is 0 Å². The van der Waals surface area contributed by atoms with Crippen molar-refractivity contribution in [2.75, 3.05) is 0 Å². The van der Waals surface area contributed by atoms with E-state index in [9.17, 15) is 0 Å². The van der Waals surface area contributed by atoms with Crippen LogP contribution >= 0.6 is 0 Å². The standard InChI is InChI=1S/C42H32/c1-27(2)24-39-32-15-7-6-14-30(32)25-40-33(39)23-22-28-20-21-31(26-38(28)40)42-36-18-10-8-16-34(36)41(29-12-4-3-5-13-29)35-17-9-11-19-37(35)42/h3-23,25-27H,24H2,1-2H3. The van der Waals surface area contributed by atoms with E-state index >= 15 is 0 Å². The van der Waals surface area contributed by atoms with Crippen molar-refractivity contribution in [1.29, 1.82) is 0 Å². The minimum atomic E-state index is 0.585. The zero-order chi connectivity index (χ0) is 28.2. The maximum atomic E-state index is 2.45. The van der Waals surface area contributed by atoms with E-state index in [1.54, 1.807) is 0 Å². The van der Waals surface area contributed by atoms with Crippen LogP contribution in [0.3, 0.4) is 0 Å². The third kappa shape index (κ3) is 3.90. The van der Waals surface area contributed by atoms with Gasteiger partial charge in [-0.05, 0) is 106 Å². The van der Waals surface area contributed by atoms with Crippen LogP contribution in [-0.4, -0.2) is 0 Å². The molecule has 8 aromatic rings. The van der Waals surface area contributed by atoms with Crippen LogP contribution in [0, 0.1) is 5.92 Å². The van der Waals surface area contributed by atoms with Gasteiger partial charge in [0.2, 0.25) is 0 Å². The van der Waals surface area contributed by atoms with Gasteiger partial charge in [0.1, 0.15) is 0 Å². The van der Waals surface area contributed by atoms with E-state index < -0.39 is 0 Å². The second-order valence-electron chi connectivity index (χ2n) is 12.0. The maximum absolute atomic E-state index is 2.45. The zero-order valence-electron chi connectivity index (χ0n) is 24.1. The Kier molecular flexibility index (Phi) is 5.83. The fraction of sp³-hybridized carbons (Fsp3) is 0.0952. The Morgan fingerprint density at radius 1 is 0.381 bits per heavy atom. The van der Waals surface area contributed by atoms with E-state index in [0.29, 0.717) is 5.92 Å². The number of benzene rings is 8. The Balaban J connectivity index is 1.48. The molecule has 0 bridgehead atoms. The van der Waals surface area contributed by atoms with Gasteiger partial charge in [-0.25, -0.2) is 0 Å². The highest BCUT2D eigenvalue weighted by Crippen LogP contribution is 2.44. The lowest BCUT2D eigenvalue weighted by Crippen LogP contribution is -1.97. The molecule has 42 heavy (non-hydrogen) atoms. The lowest BCUT2D eigenvalue weighted by atomic mass is 9.85. The van der Waals surface area contributed by atoms with Gasteiger partial charge in [-0.3, -0.25) is 0 Å². The number of rotatable bonds is 4. The van der Waals surface area contributed by atoms with Crippen molar-refractivity contribution in [2.45, 2.75) is 20.3 Å². The highest BCUT2D eigenvalue weighted by Gasteiger charge is 2.17. The molecule has 0 aliphatic rings. The molecule has 0 atom stereocenters. The predicted octanol–water partition coefficient (Wildman–Crippen LogP) is 12.0. The van der Waals surface area contributed by atoms with Gasteiger partial charge >= 0.3 is 0 Å². The minimum Gasteiger partial charge on any atom is -0.0625 e. The number of hydrogen-bond donors (Lipinski definition) is 0. The van der Waals surface area contributed by atoms with Crippen molar-refractivity contribution in [3.8, 4) is 22.3 Å². The van der Waals surface area contributed by atoms with E-state index in [0.717, 1.165) is 6.42 Å². The molecule has 0 heterocycles. The SMILES string of the molecule is CC(C)Cc1c2ccccc2cc2c1ccc1ccc(-c3c4ccccc4c(-c4ccccc4)c4ccccc34)cc12. The van der Waals surface area contributed by atoms with Gasteiger partial charge in [0.25, 0.3) is 0 Å². The van der Waals surface area contributed by atoms with Gasteiger partial charge in [-0.2, -0.15) is 0 Å². The van der Waals surface area contributed by atoms with Crippen molar-refractivity contribution in [3.05, 3.63) is 145 Å². The summed E-state index contributed by atoms with van der Waals surface area (Å²) < 4.78 is 0. The highest BCUT2D eigenvalue weighted by atomic mass is 14.2. The molecular weight excluding hydrogens is 504 g/mol. The number of hydrogen-bond acceptors (Lipinski definition) is 0. The Labute approximate surface area is 246 Å². The summed E-state index contributed by atoms with van der Waals surface area (Å²) in [7, 11) is 0. The largest absolute Gasteiger partial charge is 0.0625 e. The van der Waals surface area contributed by atoms with E-state index in [1.807, 2.05) is 0 Å². The van der Waals surface area contributed by atoms with Crippen LogP contribution in [0.4, 0.5) is 0 Å². The first-order valence-corrected chi connectivity index (χ1v) is 15.0. The molecule has 0 fully saturated rings.